The number of carbonyl (C=O) groups excluding carboxylic acids is 5. The van der Waals surface area contributed by atoms with E-state index in [0.717, 1.165) is 5.69 Å². The molecule has 2 rings (SSSR count). The molecule has 0 aromatic heterocycles. The summed E-state index contributed by atoms with van der Waals surface area (Å²) >= 11 is 0. The molecule has 4 atom stereocenters. The summed E-state index contributed by atoms with van der Waals surface area (Å²) in [5.41, 5.74) is -0.330. The minimum atomic E-state index is -0.843. The highest BCUT2D eigenvalue weighted by Gasteiger charge is 2.46. The van der Waals surface area contributed by atoms with Crippen molar-refractivity contribution in [1.82, 2.24) is 20.9 Å². The van der Waals surface area contributed by atoms with Gasteiger partial charge in [-0.05, 0) is 77.1 Å². The number of amides is 5. The van der Waals surface area contributed by atoms with Crippen LogP contribution in [-0.4, -0.2) is 92.1 Å². The normalized spacial score (nSPS) is 17.3. The standard InChI is InChI=1S/C34H57BN6O6/c1-21(2)25(20-42)38-29(44)26-12-11-18-41(26)30(45)27(35)39-28(43)22(3)33(6,7)34(8,9)47-19-17-32(4,5)40-31(46)37-24-15-13-23(36-10)14-16-24/h13-16,20-22,25-27,36H,11-12,17-19,35H2,1-10H3,(H,38,44)(H,39,43)(H2,37,40,46). The van der Waals surface area contributed by atoms with Crippen molar-refractivity contribution in [2.45, 2.75) is 111 Å². The molecule has 13 heteroatoms. The molecule has 1 fully saturated rings. The number of nitrogens with one attached hydrogen (secondary N) is 5. The van der Waals surface area contributed by atoms with E-state index in [9.17, 15) is 24.0 Å². The van der Waals surface area contributed by atoms with E-state index >= 15 is 0 Å². The molecule has 0 radical (unpaired) electrons. The second kappa shape index (κ2) is 16.5. The number of hydrogen-bond donors (Lipinski definition) is 5. The van der Waals surface area contributed by atoms with Gasteiger partial charge in [-0.15, -0.1) is 0 Å². The molecule has 0 bridgehead atoms. The van der Waals surface area contributed by atoms with Crippen LogP contribution in [0.1, 0.15) is 81.6 Å². The molecular formula is C34H57BN6O6. The van der Waals surface area contributed by atoms with Gasteiger partial charge in [0.1, 0.15) is 20.2 Å². The van der Waals surface area contributed by atoms with Crippen molar-refractivity contribution >= 4 is 49.3 Å². The summed E-state index contributed by atoms with van der Waals surface area (Å²) in [6, 6.07) is 5.77. The van der Waals surface area contributed by atoms with Crippen LogP contribution in [0, 0.1) is 17.3 Å². The average molecular weight is 657 g/mol. The Kier molecular flexibility index (Phi) is 13.9. The van der Waals surface area contributed by atoms with Crippen LogP contribution >= 0.6 is 0 Å². The van der Waals surface area contributed by atoms with Gasteiger partial charge in [0.2, 0.25) is 17.7 Å². The maximum absolute atomic E-state index is 13.5. The summed E-state index contributed by atoms with van der Waals surface area (Å²) < 4.78 is 6.36. The Bertz CT molecular complexity index is 1250. The summed E-state index contributed by atoms with van der Waals surface area (Å²) in [4.78, 5) is 65.3. The molecule has 0 spiro atoms. The van der Waals surface area contributed by atoms with Crippen LogP contribution in [0.3, 0.4) is 0 Å². The van der Waals surface area contributed by atoms with Crippen molar-refractivity contribution in [3.8, 4) is 0 Å². The minimum Gasteiger partial charge on any atom is -0.388 e. The number of urea groups is 1. The smallest absolute Gasteiger partial charge is 0.319 e. The maximum Gasteiger partial charge on any atom is 0.319 e. The fourth-order valence-electron chi connectivity index (χ4n) is 5.42. The molecule has 5 N–H and O–H groups in total. The Labute approximate surface area is 281 Å². The molecule has 1 heterocycles. The number of benzene rings is 1. The van der Waals surface area contributed by atoms with Crippen LogP contribution in [-0.2, 0) is 23.9 Å². The van der Waals surface area contributed by atoms with Gasteiger partial charge in [0.15, 0.2) is 0 Å². The minimum absolute atomic E-state index is 0.0691. The van der Waals surface area contributed by atoms with Crippen molar-refractivity contribution in [2.24, 2.45) is 17.3 Å². The van der Waals surface area contributed by atoms with Gasteiger partial charge in [0.05, 0.1) is 17.6 Å². The van der Waals surface area contributed by atoms with Gasteiger partial charge < -0.3 is 41.0 Å². The molecule has 0 aliphatic carbocycles. The molecule has 1 aliphatic rings. The van der Waals surface area contributed by atoms with Crippen LogP contribution in [0.25, 0.3) is 0 Å². The highest BCUT2D eigenvalue weighted by molar-refractivity contribution is 6.25. The van der Waals surface area contributed by atoms with E-state index in [1.807, 2.05) is 93.6 Å². The van der Waals surface area contributed by atoms with Crippen LogP contribution in [0.15, 0.2) is 24.3 Å². The molecule has 12 nitrogen and oxygen atoms in total. The Morgan fingerprint density at radius 3 is 2.15 bits per heavy atom. The van der Waals surface area contributed by atoms with Gasteiger partial charge in [0.25, 0.3) is 0 Å². The first-order valence-corrected chi connectivity index (χ1v) is 16.6. The first-order valence-electron chi connectivity index (χ1n) is 16.6. The monoisotopic (exact) mass is 656 g/mol. The molecule has 5 amide bonds. The quantitative estimate of drug-likeness (QED) is 0.135. The van der Waals surface area contributed by atoms with Gasteiger partial charge in [-0.25, -0.2) is 4.79 Å². The van der Waals surface area contributed by atoms with Crippen molar-refractivity contribution in [3.05, 3.63) is 24.3 Å². The van der Waals surface area contributed by atoms with Crippen LogP contribution in [0.5, 0.6) is 0 Å². The lowest BCUT2D eigenvalue weighted by molar-refractivity contribution is -0.149. The molecule has 1 aromatic carbocycles. The average Bonchev–Trinajstić information content (AvgIpc) is 3.48. The zero-order valence-corrected chi connectivity index (χ0v) is 30.2. The fraction of sp³-hybridized carbons (Fsp3) is 0.676. The van der Waals surface area contributed by atoms with E-state index in [1.54, 1.807) is 7.85 Å². The zero-order chi connectivity index (χ0) is 35.7. The van der Waals surface area contributed by atoms with Crippen LogP contribution in [0.4, 0.5) is 16.2 Å². The first-order chi connectivity index (χ1) is 21.8. The largest absolute Gasteiger partial charge is 0.388 e. The Balaban J connectivity index is 1.93. The van der Waals surface area contributed by atoms with Gasteiger partial charge in [-0.3, -0.25) is 14.4 Å². The lowest BCUT2D eigenvalue weighted by Crippen LogP contribution is -2.57. The topological polar surface area (TPSA) is 158 Å². The Morgan fingerprint density at radius 1 is 1.00 bits per heavy atom. The molecule has 47 heavy (non-hydrogen) atoms. The fourth-order valence-corrected chi connectivity index (χ4v) is 5.42. The molecule has 4 unspecified atom stereocenters. The van der Waals surface area contributed by atoms with Crippen molar-refractivity contribution in [1.29, 1.82) is 0 Å². The predicted molar refractivity (Wildman–Crippen MR) is 188 cm³/mol. The van der Waals surface area contributed by atoms with Gasteiger partial charge in [0, 0.05) is 48.4 Å². The van der Waals surface area contributed by atoms with Gasteiger partial charge in [-0.1, -0.05) is 34.6 Å². The molecular weight excluding hydrogens is 599 g/mol. The third kappa shape index (κ3) is 10.7. The number of anilines is 2. The number of hydrogen-bond acceptors (Lipinski definition) is 7. The van der Waals surface area contributed by atoms with E-state index in [-0.39, 0.29) is 29.7 Å². The summed E-state index contributed by atoms with van der Waals surface area (Å²) in [5, 5.41) is 14.5. The molecule has 1 aliphatic heterocycles. The van der Waals surface area contributed by atoms with Crippen molar-refractivity contribution in [2.75, 3.05) is 30.8 Å². The highest BCUT2D eigenvalue weighted by atomic mass is 16.5. The number of likely N-dealkylation sites (tertiary alicyclic amines) is 1. The van der Waals surface area contributed by atoms with Crippen molar-refractivity contribution < 1.29 is 28.7 Å². The second-order valence-electron chi connectivity index (χ2n) is 14.7. The molecule has 0 saturated carbocycles. The van der Waals surface area contributed by atoms with Crippen LogP contribution in [0.2, 0.25) is 0 Å². The van der Waals surface area contributed by atoms with E-state index in [1.165, 1.54) is 4.90 Å². The van der Waals surface area contributed by atoms with E-state index in [2.05, 4.69) is 26.6 Å². The lowest BCUT2D eigenvalue weighted by Gasteiger charge is -2.45. The van der Waals surface area contributed by atoms with Gasteiger partial charge >= 0.3 is 6.03 Å². The second-order valence-corrected chi connectivity index (χ2v) is 14.7. The Hall–Kier alpha value is -3.61. The van der Waals surface area contributed by atoms with E-state index in [4.69, 9.17) is 4.74 Å². The number of ether oxygens (including phenoxy) is 1. The summed E-state index contributed by atoms with van der Waals surface area (Å²) in [6.07, 6.45) is 2.40. The number of nitrogens with zero attached hydrogens (tertiary/aromatic N) is 1. The maximum atomic E-state index is 13.5. The summed E-state index contributed by atoms with van der Waals surface area (Å²) in [6.45, 7) is 17.9. The summed E-state index contributed by atoms with van der Waals surface area (Å²) in [5.74, 6) is -2.43. The van der Waals surface area contributed by atoms with E-state index < -0.39 is 40.5 Å². The lowest BCUT2D eigenvalue weighted by atomic mass is 9.68. The first kappa shape index (κ1) is 39.6. The number of aldehydes is 1. The number of carbonyl (C=O) groups is 5. The third-order valence-electron chi connectivity index (χ3n) is 9.84. The third-order valence-corrected chi connectivity index (χ3v) is 9.84. The van der Waals surface area contributed by atoms with Crippen LogP contribution < -0.4 is 26.6 Å². The van der Waals surface area contributed by atoms with Gasteiger partial charge in [-0.2, -0.15) is 0 Å². The summed E-state index contributed by atoms with van der Waals surface area (Å²) in [7, 11) is 3.46. The molecule has 1 aromatic rings. The SMILES string of the molecule is BC(NC(=O)C(C)C(C)(C)C(C)(C)OCCC(C)(C)NC(=O)Nc1ccc(NC)cc1)C(=O)N1CCCC1C(=O)NC(C=O)C(C)C. The Morgan fingerprint density at radius 2 is 1.60 bits per heavy atom. The molecule has 1 saturated heterocycles. The predicted octanol–water partition coefficient (Wildman–Crippen LogP) is 2.88. The van der Waals surface area contributed by atoms with E-state index in [0.29, 0.717) is 44.4 Å². The van der Waals surface area contributed by atoms with Crippen molar-refractivity contribution in [3.63, 3.8) is 0 Å². The highest BCUT2D eigenvalue weighted by Crippen LogP contribution is 2.41. The number of rotatable bonds is 16. The molecule has 262 valence electrons. The zero-order valence-electron chi connectivity index (χ0n) is 30.2.